The minimum absolute atomic E-state index is 0.0434. The lowest BCUT2D eigenvalue weighted by Crippen LogP contribution is -2.44. The highest BCUT2D eigenvalue weighted by atomic mass is 16.5. The third-order valence-electron chi connectivity index (χ3n) is 5.74. The first-order valence-electron chi connectivity index (χ1n) is 10.4. The maximum Gasteiger partial charge on any atom is 0.223 e. The van der Waals surface area contributed by atoms with E-state index in [-0.39, 0.29) is 42.0 Å². The zero-order valence-electron chi connectivity index (χ0n) is 17.3. The minimum atomic E-state index is -0.346. The molecule has 3 rings (SSSR count). The summed E-state index contributed by atoms with van der Waals surface area (Å²) in [4.78, 5) is 39.0. The van der Waals surface area contributed by atoms with Gasteiger partial charge in [-0.15, -0.1) is 0 Å². The molecule has 0 spiro atoms. The molecule has 1 aliphatic carbocycles. The molecule has 3 amide bonds. The van der Waals surface area contributed by atoms with Crippen molar-refractivity contribution in [2.45, 2.75) is 51.1 Å². The first kappa shape index (κ1) is 21.1. The van der Waals surface area contributed by atoms with Crippen molar-refractivity contribution in [3.63, 3.8) is 0 Å². The third kappa shape index (κ3) is 6.21. The molecule has 1 saturated carbocycles. The van der Waals surface area contributed by atoms with Crippen LogP contribution in [-0.4, -0.2) is 49.4 Å². The fraction of sp³-hybridized carbons (Fsp3) is 0.591. The molecule has 158 valence electrons. The number of carbonyl (C=O) groups excluding carboxylic acids is 3. The van der Waals surface area contributed by atoms with Crippen molar-refractivity contribution >= 4 is 17.7 Å². The molecule has 1 heterocycles. The Morgan fingerprint density at radius 2 is 1.79 bits per heavy atom. The first-order valence-corrected chi connectivity index (χ1v) is 10.4. The van der Waals surface area contributed by atoms with E-state index in [0.29, 0.717) is 19.5 Å². The van der Waals surface area contributed by atoms with Crippen molar-refractivity contribution in [3.8, 4) is 5.75 Å². The molecule has 2 unspecified atom stereocenters. The highest BCUT2D eigenvalue weighted by molar-refractivity contribution is 5.86. The van der Waals surface area contributed by atoms with Crippen molar-refractivity contribution in [1.82, 2.24) is 15.5 Å². The molecule has 1 aromatic rings. The number of amides is 3. The van der Waals surface area contributed by atoms with Gasteiger partial charge in [0, 0.05) is 44.4 Å². The normalized spacial score (nSPS) is 22.8. The molecule has 2 atom stereocenters. The van der Waals surface area contributed by atoms with Gasteiger partial charge in [-0.05, 0) is 43.4 Å². The molecule has 1 aliphatic heterocycles. The van der Waals surface area contributed by atoms with Crippen LogP contribution in [0.25, 0.3) is 0 Å². The van der Waals surface area contributed by atoms with Gasteiger partial charge in [0.05, 0.1) is 7.11 Å². The van der Waals surface area contributed by atoms with Crippen molar-refractivity contribution in [2.24, 2.45) is 11.8 Å². The van der Waals surface area contributed by atoms with Crippen molar-refractivity contribution in [2.75, 3.05) is 20.7 Å². The predicted molar refractivity (Wildman–Crippen MR) is 109 cm³/mol. The molecule has 2 aliphatic rings. The Hall–Kier alpha value is -2.57. The summed E-state index contributed by atoms with van der Waals surface area (Å²) in [6, 6.07) is 7.49. The van der Waals surface area contributed by atoms with Gasteiger partial charge in [-0.25, -0.2) is 0 Å². The van der Waals surface area contributed by atoms with E-state index in [1.807, 2.05) is 24.3 Å². The van der Waals surface area contributed by atoms with Crippen LogP contribution in [0.5, 0.6) is 5.75 Å². The number of ether oxygens (including phenoxy) is 1. The largest absolute Gasteiger partial charge is 0.497 e. The quantitative estimate of drug-likeness (QED) is 0.762. The fourth-order valence-electron chi connectivity index (χ4n) is 3.69. The highest BCUT2D eigenvalue weighted by Gasteiger charge is 2.32. The Kier molecular flexibility index (Phi) is 7.12. The van der Waals surface area contributed by atoms with Crippen molar-refractivity contribution in [1.29, 1.82) is 0 Å². The lowest BCUT2D eigenvalue weighted by atomic mass is 9.96. The average molecular weight is 402 g/mol. The fourth-order valence-corrected chi connectivity index (χ4v) is 3.69. The van der Waals surface area contributed by atoms with Gasteiger partial charge in [0.1, 0.15) is 5.75 Å². The number of likely N-dealkylation sites (N-methyl/N-ethyl adjacent to an activating group) is 1. The second-order valence-corrected chi connectivity index (χ2v) is 8.15. The van der Waals surface area contributed by atoms with Crippen molar-refractivity contribution < 1.29 is 19.1 Å². The van der Waals surface area contributed by atoms with E-state index in [1.54, 1.807) is 19.1 Å². The van der Waals surface area contributed by atoms with E-state index < -0.39 is 0 Å². The van der Waals surface area contributed by atoms with Gasteiger partial charge in [-0.2, -0.15) is 0 Å². The zero-order valence-corrected chi connectivity index (χ0v) is 17.3. The lowest BCUT2D eigenvalue weighted by Gasteiger charge is -2.24. The minimum Gasteiger partial charge on any atom is -0.497 e. The molecule has 1 saturated heterocycles. The molecule has 2 fully saturated rings. The van der Waals surface area contributed by atoms with Crippen molar-refractivity contribution in [3.05, 3.63) is 29.8 Å². The molecular weight excluding hydrogens is 370 g/mol. The van der Waals surface area contributed by atoms with Gasteiger partial charge in [-0.1, -0.05) is 18.6 Å². The first-order chi connectivity index (χ1) is 14.0. The maximum absolute atomic E-state index is 12.7. The summed E-state index contributed by atoms with van der Waals surface area (Å²) < 4.78 is 5.14. The number of nitrogens with zero attached hydrogens (tertiary/aromatic N) is 1. The maximum atomic E-state index is 12.7. The third-order valence-corrected chi connectivity index (χ3v) is 5.74. The van der Waals surface area contributed by atoms with Gasteiger partial charge in [0.2, 0.25) is 17.7 Å². The van der Waals surface area contributed by atoms with E-state index in [9.17, 15) is 14.4 Å². The summed E-state index contributed by atoms with van der Waals surface area (Å²) in [5.41, 5.74) is 0.980. The summed E-state index contributed by atoms with van der Waals surface area (Å²) in [5.74, 6) is 0.531. The summed E-state index contributed by atoms with van der Waals surface area (Å²) in [7, 11) is 3.36. The van der Waals surface area contributed by atoms with Crippen LogP contribution < -0.4 is 15.4 Å². The standard InChI is InChI=1S/C22H31N3O4/c1-25-14-18(24-22(28)16-8-9-16)5-3-4-17(12-20(25)26)21(27)23-13-15-6-10-19(29-2)11-7-15/h6-7,10-11,16-18H,3-5,8-9,12-14H2,1-2H3,(H,23,27)(H,24,28). The summed E-state index contributed by atoms with van der Waals surface area (Å²) in [5, 5.41) is 6.04. The van der Waals surface area contributed by atoms with Crippen LogP contribution >= 0.6 is 0 Å². The number of hydrogen-bond acceptors (Lipinski definition) is 4. The van der Waals surface area contributed by atoms with E-state index in [4.69, 9.17) is 4.74 Å². The average Bonchev–Trinajstić information content (AvgIpc) is 3.55. The molecule has 1 aromatic carbocycles. The van der Waals surface area contributed by atoms with Crippen LogP contribution in [0.4, 0.5) is 0 Å². The van der Waals surface area contributed by atoms with Gasteiger partial charge in [0.15, 0.2) is 0 Å². The molecule has 29 heavy (non-hydrogen) atoms. The molecule has 0 aromatic heterocycles. The van der Waals surface area contributed by atoms with Gasteiger partial charge >= 0.3 is 0 Å². The monoisotopic (exact) mass is 401 g/mol. The molecule has 2 N–H and O–H groups in total. The van der Waals surface area contributed by atoms with Crippen LogP contribution in [0.3, 0.4) is 0 Å². The second kappa shape index (κ2) is 9.76. The zero-order chi connectivity index (χ0) is 20.8. The molecule has 0 bridgehead atoms. The van der Waals surface area contributed by atoms with E-state index in [2.05, 4.69) is 10.6 Å². The number of hydrogen-bond donors (Lipinski definition) is 2. The van der Waals surface area contributed by atoms with E-state index in [0.717, 1.165) is 37.0 Å². The molecular formula is C22H31N3O4. The Bertz CT molecular complexity index is 730. The molecule has 7 heteroatoms. The molecule has 0 radical (unpaired) electrons. The Balaban J connectivity index is 1.53. The van der Waals surface area contributed by atoms with Gasteiger partial charge < -0.3 is 20.3 Å². The van der Waals surface area contributed by atoms with E-state index >= 15 is 0 Å². The van der Waals surface area contributed by atoms with Crippen LogP contribution in [0.1, 0.15) is 44.1 Å². The van der Waals surface area contributed by atoms with Crippen LogP contribution in [0.15, 0.2) is 24.3 Å². The SMILES string of the molecule is COc1ccc(CNC(=O)C2CCCC(NC(=O)C3CC3)CN(C)C(=O)C2)cc1. The highest BCUT2D eigenvalue weighted by Crippen LogP contribution is 2.29. The van der Waals surface area contributed by atoms with Crippen LogP contribution in [0.2, 0.25) is 0 Å². The molecule has 7 nitrogen and oxygen atoms in total. The summed E-state index contributed by atoms with van der Waals surface area (Å²) >= 11 is 0. The lowest BCUT2D eigenvalue weighted by molar-refractivity contribution is -0.135. The van der Waals surface area contributed by atoms with E-state index in [1.165, 1.54) is 0 Å². The second-order valence-electron chi connectivity index (χ2n) is 8.15. The summed E-state index contributed by atoms with van der Waals surface area (Å²) in [6.45, 7) is 0.918. The topological polar surface area (TPSA) is 87.7 Å². The Labute approximate surface area is 172 Å². The van der Waals surface area contributed by atoms with Gasteiger partial charge in [-0.3, -0.25) is 14.4 Å². The summed E-state index contributed by atoms with van der Waals surface area (Å²) in [6.07, 6.45) is 4.35. The smallest absolute Gasteiger partial charge is 0.223 e. The van der Waals surface area contributed by atoms with Crippen LogP contribution in [0, 0.1) is 11.8 Å². The predicted octanol–water partition coefficient (Wildman–Crippen LogP) is 1.85. The Morgan fingerprint density at radius 3 is 2.45 bits per heavy atom. The number of methoxy groups -OCH3 is 1. The number of carbonyl (C=O) groups is 3. The van der Waals surface area contributed by atoms with Crippen LogP contribution in [-0.2, 0) is 20.9 Å². The van der Waals surface area contributed by atoms with Gasteiger partial charge in [0.25, 0.3) is 0 Å². The number of rotatable bonds is 6. The Morgan fingerprint density at radius 1 is 1.07 bits per heavy atom. The number of benzene rings is 1. The number of nitrogens with one attached hydrogen (secondary N) is 2.